The maximum absolute atomic E-state index is 12.3. The molecule has 0 aromatic carbocycles. The van der Waals surface area contributed by atoms with Crippen LogP contribution in [0.4, 0.5) is 0 Å². The van der Waals surface area contributed by atoms with Crippen LogP contribution in [0.15, 0.2) is 23.2 Å². The molecule has 108 valence electrons. The predicted molar refractivity (Wildman–Crippen MR) is 78.9 cm³/mol. The number of nitrogens with one attached hydrogen (secondary N) is 1. The van der Waals surface area contributed by atoms with E-state index in [-0.39, 0.29) is 15.3 Å². The molecule has 2 rings (SSSR count). The molecule has 0 atom stereocenters. The van der Waals surface area contributed by atoms with Crippen LogP contribution in [0.1, 0.15) is 31.4 Å². The Kier molecular flexibility index (Phi) is 4.68. The smallest absolute Gasteiger partial charge is 0.243 e. The van der Waals surface area contributed by atoms with Crippen molar-refractivity contribution in [3.05, 3.63) is 24.0 Å². The van der Waals surface area contributed by atoms with Gasteiger partial charge in [0.15, 0.2) is 5.69 Å². The zero-order chi connectivity index (χ0) is 14.6. The summed E-state index contributed by atoms with van der Waals surface area (Å²) in [7, 11) is -3.69. The zero-order valence-electron chi connectivity index (χ0n) is 11.3. The first-order chi connectivity index (χ1) is 9.53. The fourth-order valence-electron chi connectivity index (χ4n) is 2.47. The fraction of sp³-hybridized carbons (Fsp3) is 0.538. The lowest BCUT2D eigenvalue weighted by Crippen LogP contribution is -2.38. The van der Waals surface area contributed by atoms with Gasteiger partial charge in [-0.2, -0.15) is 17.0 Å². The Balaban J connectivity index is 2.18. The van der Waals surface area contributed by atoms with Gasteiger partial charge in [0.2, 0.25) is 10.0 Å². The average molecular weight is 311 g/mol. The second-order valence-electron chi connectivity index (χ2n) is 4.88. The highest BCUT2D eigenvalue weighted by Crippen LogP contribution is 2.39. The molecule has 0 spiro atoms. The second kappa shape index (κ2) is 6.12. The molecule has 0 bridgehead atoms. The fourth-order valence-corrected chi connectivity index (χ4v) is 4.71. The van der Waals surface area contributed by atoms with E-state index in [0.29, 0.717) is 6.54 Å². The highest BCUT2D eigenvalue weighted by atomic mass is 32.2. The Bertz CT molecular complexity index is 617. The number of hydrogen-bond donors (Lipinski definition) is 1. The van der Waals surface area contributed by atoms with Gasteiger partial charge in [-0.3, -0.25) is 0 Å². The van der Waals surface area contributed by atoms with Crippen molar-refractivity contribution in [2.24, 2.45) is 0 Å². The van der Waals surface area contributed by atoms with Gasteiger partial charge in [-0.15, -0.1) is 0 Å². The highest BCUT2D eigenvalue weighted by molar-refractivity contribution is 8.00. The minimum atomic E-state index is -3.69. The van der Waals surface area contributed by atoms with Crippen molar-refractivity contribution in [3.63, 3.8) is 0 Å². The van der Waals surface area contributed by atoms with Crippen LogP contribution in [-0.2, 0) is 10.0 Å². The largest absolute Gasteiger partial charge is 0.244 e. The Labute approximate surface area is 123 Å². The summed E-state index contributed by atoms with van der Waals surface area (Å²) in [4.78, 5) is 3.75. The molecule has 5 nitrogen and oxygen atoms in total. The lowest BCUT2D eigenvalue weighted by molar-refractivity contribution is 0.550. The number of sulfonamides is 1. The Morgan fingerprint density at radius 2 is 2.20 bits per heavy atom. The topological polar surface area (TPSA) is 82.8 Å². The Morgan fingerprint density at radius 3 is 2.80 bits per heavy atom. The zero-order valence-corrected chi connectivity index (χ0v) is 12.9. The van der Waals surface area contributed by atoms with Gasteiger partial charge in [-0.25, -0.2) is 18.1 Å². The van der Waals surface area contributed by atoms with Crippen molar-refractivity contribution in [3.8, 4) is 6.07 Å². The van der Waals surface area contributed by atoms with Crippen LogP contribution < -0.4 is 4.72 Å². The molecule has 20 heavy (non-hydrogen) atoms. The van der Waals surface area contributed by atoms with Crippen LogP contribution in [0.2, 0.25) is 0 Å². The second-order valence-corrected chi connectivity index (χ2v) is 7.89. The number of thioether (sulfide) groups is 1. The molecule has 1 aliphatic rings. The third-order valence-electron chi connectivity index (χ3n) is 3.70. The normalized spacial score (nSPS) is 17.8. The maximum atomic E-state index is 12.3. The standard InChI is InChI=1S/C13H17N3O2S2/c1-19-13(6-2-3-7-13)10-16-20(17,18)12-5-4-8-15-11(12)9-14/h4-5,8,16H,2-3,6-7,10H2,1H3. The molecular formula is C13H17N3O2S2. The molecule has 1 N–H and O–H groups in total. The first kappa shape index (κ1) is 15.3. The summed E-state index contributed by atoms with van der Waals surface area (Å²) >= 11 is 1.72. The summed E-state index contributed by atoms with van der Waals surface area (Å²) in [6, 6.07) is 4.75. The monoisotopic (exact) mass is 311 g/mol. The van der Waals surface area contributed by atoms with Crippen LogP contribution in [0, 0.1) is 11.3 Å². The van der Waals surface area contributed by atoms with E-state index in [4.69, 9.17) is 5.26 Å². The Hall–Kier alpha value is -1.10. The molecule has 0 saturated heterocycles. The van der Waals surface area contributed by atoms with E-state index in [1.54, 1.807) is 11.8 Å². The molecule has 0 aliphatic heterocycles. The minimum Gasteiger partial charge on any atom is -0.244 e. The molecule has 1 aromatic rings. The van der Waals surface area contributed by atoms with E-state index >= 15 is 0 Å². The quantitative estimate of drug-likeness (QED) is 0.898. The average Bonchev–Trinajstić information content (AvgIpc) is 2.95. The van der Waals surface area contributed by atoms with Crippen LogP contribution in [0.3, 0.4) is 0 Å². The van der Waals surface area contributed by atoms with Gasteiger partial charge in [0, 0.05) is 17.5 Å². The lowest BCUT2D eigenvalue weighted by Gasteiger charge is -2.26. The highest BCUT2D eigenvalue weighted by Gasteiger charge is 2.34. The minimum absolute atomic E-state index is 0.0118. The van der Waals surface area contributed by atoms with E-state index in [0.717, 1.165) is 25.7 Å². The van der Waals surface area contributed by atoms with Crippen molar-refractivity contribution in [2.45, 2.75) is 35.3 Å². The van der Waals surface area contributed by atoms with Crippen LogP contribution in [-0.4, -0.2) is 30.9 Å². The summed E-state index contributed by atoms with van der Waals surface area (Å²) in [5.41, 5.74) is -0.0652. The van der Waals surface area contributed by atoms with Gasteiger partial charge in [0.25, 0.3) is 0 Å². The summed E-state index contributed by atoms with van der Waals surface area (Å²) in [6.45, 7) is 0.399. The predicted octanol–water partition coefficient (Wildman–Crippen LogP) is 1.91. The van der Waals surface area contributed by atoms with Gasteiger partial charge in [0.05, 0.1) is 0 Å². The van der Waals surface area contributed by atoms with Gasteiger partial charge < -0.3 is 0 Å². The van der Waals surface area contributed by atoms with Crippen LogP contribution in [0.25, 0.3) is 0 Å². The number of hydrogen-bond acceptors (Lipinski definition) is 5. The molecule has 7 heteroatoms. The SMILES string of the molecule is CSC1(CNS(=O)(=O)c2cccnc2C#N)CCCC1. The molecule has 0 unspecified atom stereocenters. The van der Waals surface area contributed by atoms with E-state index < -0.39 is 10.0 Å². The van der Waals surface area contributed by atoms with Crippen molar-refractivity contribution in [2.75, 3.05) is 12.8 Å². The number of pyridine rings is 1. The summed E-state index contributed by atoms with van der Waals surface area (Å²) < 4.78 is 27.3. The molecular weight excluding hydrogens is 294 g/mol. The number of nitriles is 1. The third kappa shape index (κ3) is 3.14. The van der Waals surface area contributed by atoms with Crippen molar-refractivity contribution < 1.29 is 8.42 Å². The van der Waals surface area contributed by atoms with Gasteiger partial charge in [0.1, 0.15) is 11.0 Å². The first-order valence-electron chi connectivity index (χ1n) is 6.43. The number of aromatic nitrogens is 1. The molecule has 0 amide bonds. The van der Waals surface area contributed by atoms with E-state index in [9.17, 15) is 8.42 Å². The third-order valence-corrected chi connectivity index (χ3v) is 6.55. The molecule has 1 fully saturated rings. The van der Waals surface area contributed by atoms with E-state index in [2.05, 4.69) is 9.71 Å². The molecule has 1 saturated carbocycles. The molecule has 1 aromatic heterocycles. The summed E-state index contributed by atoms with van der Waals surface area (Å²) in [6.07, 6.45) is 7.75. The molecule has 1 heterocycles. The summed E-state index contributed by atoms with van der Waals surface area (Å²) in [5.74, 6) is 0. The van der Waals surface area contributed by atoms with Gasteiger partial charge in [-0.05, 0) is 31.2 Å². The lowest BCUT2D eigenvalue weighted by atomic mass is 10.1. The Morgan fingerprint density at radius 1 is 1.50 bits per heavy atom. The van der Waals surface area contributed by atoms with Crippen LogP contribution >= 0.6 is 11.8 Å². The van der Waals surface area contributed by atoms with Gasteiger partial charge >= 0.3 is 0 Å². The molecule has 1 aliphatic carbocycles. The van der Waals surface area contributed by atoms with Crippen molar-refractivity contribution >= 4 is 21.8 Å². The number of nitrogens with zero attached hydrogens (tertiary/aromatic N) is 2. The van der Waals surface area contributed by atoms with Crippen LogP contribution in [0.5, 0.6) is 0 Å². The first-order valence-corrected chi connectivity index (χ1v) is 9.14. The summed E-state index contributed by atoms with van der Waals surface area (Å²) in [5, 5.41) is 8.95. The van der Waals surface area contributed by atoms with Gasteiger partial charge in [-0.1, -0.05) is 12.8 Å². The van der Waals surface area contributed by atoms with Crippen molar-refractivity contribution in [1.82, 2.24) is 9.71 Å². The van der Waals surface area contributed by atoms with E-state index in [1.807, 2.05) is 12.3 Å². The maximum Gasteiger partial charge on any atom is 0.243 e. The molecule has 0 radical (unpaired) electrons. The van der Waals surface area contributed by atoms with Crippen molar-refractivity contribution in [1.29, 1.82) is 5.26 Å². The van der Waals surface area contributed by atoms with E-state index in [1.165, 1.54) is 18.3 Å². The number of rotatable bonds is 5.